The molecule has 2 N–H and O–H groups in total. The normalized spacial score (nSPS) is 20.0. The number of anilines is 3. The zero-order valence-corrected chi connectivity index (χ0v) is 19.9. The van der Waals surface area contributed by atoms with Crippen molar-refractivity contribution in [1.82, 2.24) is 15.3 Å². The number of nitrogens with zero attached hydrogens (tertiary/aromatic N) is 4. The Kier molecular flexibility index (Phi) is 7.04. The molecule has 0 radical (unpaired) electrons. The molecular weight excluding hydrogens is 477 g/mol. The summed E-state index contributed by atoms with van der Waals surface area (Å²) < 4.78 is 45.2. The summed E-state index contributed by atoms with van der Waals surface area (Å²) in [5.74, 6) is 0.390. The maximum absolute atomic E-state index is 13.4. The maximum atomic E-state index is 13.4. The number of alkyl halides is 3. The van der Waals surface area contributed by atoms with Crippen LogP contribution in [0.4, 0.5) is 35.4 Å². The predicted molar refractivity (Wildman–Crippen MR) is 128 cm³/mol. The van der Waals surface area contributed by atoms with E-state index in [9.17, 15) is 22.8 Å². The first-order valence-electron chi connectivity index (χ1n) is 11.5. The first-order chi connectivity index (χ1) is 17.1. The number of ether oxygens (including phenoxy) is 1. The topological polar surface area (TPSA) is 99.7 Å². The highest BCUT2D eigenvalue weighted by atomic mass is 19.4. The van der Waals surface area contributed by atoms with Gasteiger partial charge in [0.1, 0.15) is 11.6 Å². The average molecular weight is 505 g/mol. The highest BCUT2D eigenvalue weighted by Gasteiger charge is 2.35. The van der Waals surface area contributed by atoms with Crippen molar-refractivity contribution in [3.05, 3.63) is 48.2 Å². The van der Waals surface area contributed by atoms with E-state index in [4.69, 9.17) is 4.74 Å². The number of hydrogen-bond donors (Lipinski definition) is 2. The number of rotatable bonds is 6. The Labute approximate surface area is 206 Å². The molecule has 1 aliphatic carbocycles. The first-order valence-corrected chi connectivity index (χ1v) is 11.5. The summed E-state index contributed by atoms with van der Waals surface area (Å²) in [6, 6.07) is 2.42. The molecular formula is C24H27F3N6O3. The number of benzene rings is 1. The zero-order chi connectivity index (χ0) is 26.0. The molecule has 3 amide bonds. The highest BCUT2D eigenvalue weighted by molar-refractivity contribution is 6.05. The lowest BCUT2D eigenvalue weighted by atomic mass is 9.90. The molecule has 12 heteroatoms. The third kappa shape index (κ3) is 5.21. The summed E-state index contributed by atoms with van der Waals surface area (Å²) in [5, 5.41) is 6.19. The van der Waals surface area contributed by atoms with Gasteiger partial charge in [-0.05, 0) is 31.1 Å². The molecule has 2 aromatic rings. The predicted octanol–water partition coefficient (Wildman–Crippen LogP) is 4.11. The summed E-state index contributed by atoms with van der Waals surface area (Å²) in [6.07, 6.45) is 1.75. The number of nitrogens with one attached hydrogen (secondary N) is 2. The van der Waals surface area contributed by atoms with E-state index in [-0.39, 0.29) is 36.0 Å². The standard InChI is InChI=1S/C24H27F3N6O3/c1-4-20(34)29-18-7-5-6-8-19(18)30-22-28-12-14-13-33(23(35)32(2)21(14)31-22)16-9-15(24(25,26)27)10-17(11-16)36-3/h4,9-12,18-19H,1,5-8,13H2,2-3H3,(H,29,34)(H,28,30,31)/t18-,19?/m0/s1. The van der Waals surface area contributed by atoms with Crippen molar-refractivity contribution < 1.29 is 27.5 Å². The number of amides is 3. The van der Waals surface area contributed by atoms with Gasteiger partial charge in [-0.1, -0.05) is 19.4 Å². The van der Waals surface area contributed by atoms with Gasteiger partial charge in [0, 0.05) is 37.0 Å². The van der Waals surface area contributed by atoms with Crippen LogP contribution in [0, 0.1) is 0 Å². The van der Waals surface area contributed by atoms with Crippen LogP contribution >= 0.6 is 0 Å². The second kappa shape index (κ2) is 10.0. The van der Waals surface area contributed by atoms with Crippen molar-refractivity contribution in [2.45, 2.75) is 50.5 Å². The fourth-order valence-corrected chi connectivity index (χ4v) is 4.49. The molecule has 1 fully saturated rings. The molecule has 0 bridgehead atoms. The molecule has 1 aromatic heterocycles. The molecule has 2 heterocycles. The van der Waals surface area contributed by atoms with E-state index < -0.39 is 17.8 Å². The van der Waals surface area contributed by atoms with Crippen molar-refractivity contribution in [2.24, 2.45) is 0 Å². The smallest absolute Gasteiger partial charge is 0.416 e. The van der Waals surface area contributed by atoms with Crippen LogP contribution in [0.3, 0.4) is 0 Å². The maximum Gasteiger partial charge on any atom is 0.416 e. The first kappa shape index (κ1) is 25.3. The highest BCUT2D eigenvalue weighted by Crippen LogP contribution is 2.37. The van der Waals surface area contributed by atoms with Crippen molar-refractivity contribution in [3.63, 3.8) is 0 Å². The van der Waals surface area contributed by atoms with E-state index in [0.717, 1.165) is 37.8 Å². The van der Waals surface area contributed by atoms with Crippen LogP contribution in [-0.2, 0) is 17.5 Å². The number of carbonyl (C=O) groups is 2. The van der Waals surface area contributed by atoms with Gasteiger partial charge in [-0.15, -0.1) is 0 Å². The number of urea groups is 1. The molecule has 2 aliphatic rings. The molecule has 1 saturated carbocycles. The minimum absolute atomic E-state index is 0.00923. The number of halogens is 3. The molecule has 4 rings (SSSR count). The third-order valence-electron chi connectivity index (χ3n) is 6.37. The van der Waals surface area contributed by atoms with Gasteiger partial charge in [0.2, 0.25) is 11.9 Å². The van der Waals surface area contributed by atoms with Gasteiger partial charge in [0.25, 0.3) is 0 Å². The van der Waals surface area contributed by atoms with Gasteiger partial charge in [0.05, 0.1) is 24.9 Å². The van der Waals surface area contributed by atoms with Crippen LogP contribution < -0.4 is 25.2 Å². The van der Waals surface area contributed by atoms with E-state index >= 15 is 0 Å². The van der Waals surface area contributed by atoms with E-state index in [0.29, 0.717) is 17.3 Å². The number of aromatic nitrogens is 2. The van der Waals surface area contributed by atoms with Gasteiger partial charge in [-0.2, -0.15) is 18.2 Å². The number of carbonyl (C=O) groups excluding carboxylic acids is 2. The summed E-state index contributed by atoms with van der Waals surface area (Å²) in [4.78, 5) is 36.3. The lowest BCUT2D eigenvalue weighted by molar-refractivity contribution is -0.137. The molecule has 192 valence electrons. The minimum Gasteiger partial charge on any atom is -0.497 e. The van der Waals surface area contributed by atoms with Gasteiger partial charge < -0.3 is 15.4 Å². The Morgan fingerprint density at radius 3 is 2.61 bits per heavy atom. The Hall–Kier alpha value is -3.83. The minimum atomic E-state index is -4.60. The van der Waals surface area contributed by atoms with Gasteiger partial charge in [-0.3, -0.25) is 14.6 Å². The molecule has 1 aliphatic heterocycles. The van der Waals surface area contributed by atoms with E-state index in [2.05, 4.69) is 27.2 Å². The van der Waals surface area contributed by atoms with E-state index in [1.165, 1.54) is 36.1 Å². The molecule has 1 aromatic carbocycles. The third-order valence-corrected chi connectivity index (χ3v) is 6.37. The van der Waals surface area contributed by atoms with Crippen LogP contribution in [0.25, 0.3) is 0 Å². The van der Waals surface area contributed by atoms with E-state index in [1.54, 1.807) is 6.20 Å². The summed E-state index contributed by atoms with van der Waals surface area (Å²) in [5.41, 5.74) is -0.298. The van der Waals surface area contributed by atoms with Gasteiger partial charge in [0.15, 0.2) is 0 Å². The fourth-order valence-electron chi connectivity index (χ4n) is 4.49. The second-order valence-corrected chi connectivity index (χ2v) is 8.74. The molecule has 36 heavy (non-hydrogen) atoms. The number of hydrogen-bond acceptors (Lipinski definition) is 6. The summed E-state index contributed by atoms with van der Waals surface area (Å²) in [7, 11) is 2.77. The lowest BCUT2D eigenvalue weighted by Gasteiger charge is -2.35. The summed E-state index contributed by atoms with van der Waals surface area (Å²) in [6.45, 7) is 3.48. The van der Waals surface area contributed by atoms with Crippen molar-refractivity contribution in [1.29, 1.82) is 0 Å². The lowest BCUT2D eigenvalue weighted by Crippen LogP contribution is -2.48. The van der Waals surface area contributed by atoms with Crippen molar-refractivity contribution >= 4 is 29.4 Å². The molecule has 2 atom stereocenters. The Morgan fingerprint density at radius 1 is 1.22 bits per heavy atom. The molecule has 1 unspecified atom stereocenters. The second-order valence-electron chi connectivity index (χ2n) is 8.74. The monoisotopic (exact) mass is 504 g/mol. The fraction of sp³-hybridized carbons (Fsp3) is 0.417. The molecule has 0 spiro atoms. The van der Waals surface area contributed by atoms with Crippen LogP contribution in [0.1, 0.15) is 36.8 Å². The Morgan fingerprint density at radius 2 is 1.94 bits per heavy atom. The van der Waals surface area contributed by atoms with Crippen molar-refractivity contribution in [3.8, 4) is 5.75 Å². The van der Waals surface area contributed by atoms with E-state index in [1.807, 2.05) is 0 Å². The van der Waals surface area contributed by atoms with Crippen LogP contribution in [0.15, 0.2) is 37.1 Å². The SMILES string of the molecule is C=CC(=O)N[C@H]1CCCCC1Nc1ncc2c(n1)N(C)C(=O)N(c1cc(OC)cc(C(F)(F)F)c1)C2. The number of fused-ring (bicyclic) bond motifs is 1. The van der Waals surface area contributed by atoms with Crippen LogP contribution in [-0.4, -0.2) is 48.1 Å². The summed E-state index contributed by atoms with van der Waals surface area (Å²) >= 11 is 0. The Bertz CT molecular complexity index is 1170. The number of methoxy groups -OCH3 is 1. The average Bonchev–Trinajstić information content (AvgIpc) is 2.86. The Balaban J connectivity index is 1.58. The largest absolute Gasteiger partial charge is 0.497 e. The van der Waals surface area contributed by atoms with Gasteiger partial charge >= 0.3 is 12.2 Å². The van der Waals surface area contributed by atoms with Crippen LogP contribution in [0.5, 0.6) is 5.75 Å². The zero-order valence-electron chi connectivity index (χ0n) is 19.9. The van der Waals surface area contributed by atoms with Crippen molar-refractivity contribution in [2.75, 3.05) is 29.3 Å². The quantitative estimate of drug-likeness (QED) is 0.575. The molecule has 9 nitrogen and oxygen atoms in total. The molecule has 0 saturated heterocycles. The van der Waals surface area contributed by atoms with Crippen LogP contribution in [0.2, 0.25) is 0 Å². The van der Waals surface area contributed by atoms with Gasteiger partial charge in [-0.25, -0.2) is 9.78 Å².